The first-order valence-electron chi connectivity index (χ1n) is 8.27. The fourth-order valence-electron chi connectivity index (χ4n) is 3.03. The lowest BCUT2D eigenvalue weighted by Gasteiger charge is -2.22. The molecule has 0 unspecified atom stereocenters. The first-order valence-corrected chi connectivity index (χ1v) is 8.27. The van der Waals surface area contributed by atoms with Crippen LogP contribution in [0.15, 0.2) is 42.5 Å². The minimum Gasteiger partial charge on any atom is -0.355 e. The zero-order valence-electron chi connectivity index (χ0n) is 14.1. The van der Waals surface area contributed by atoms with Gasteiger partial charge in [0.2, 0.25) is 5.91 Å². The molecule has 0 aliphatic carbocycles. The van der Waals surface area contributed by atoms with E-state index in [-0.39, 0.29) is 11.6 Å². The highest BCUT2D eigenvalue weighted by Crippen LogP contribution is 2.30. The van der Waals surface area contributed by atoms with Gasteiger partial charge in [0, 0.05) is 44.7 Å². The second-order valence-electron chi connectivity index (χ2n) is 6.01. The molecule has 1 aliphatic rings. The maximum atomic E-state index is 11.6. The second-order valence-corrected chi connectivity index (χ2v) is 6.01. The van der Waals surface area contributed by atoms with Crippen molar-refractivity contribution >= 4 is 17.4 Å². The summed E-state index contributed by atoms with van der Waals surface area (Å²) in [4.78, 5) is 31.0. The average Bonchev–Trinajstić information content (AvgIpc) is 2.88. The number of aromatic nitrogens is 1. The van der Waals surface area contributed by atoms with E-state index in [0.717, 1.165) is 25.1 Å². The monoisotopic (exact) mass is 340 g/mol. The molecule has 1 amide bonds. The molecule has 1 aliphatic heterocycles. The average molecular weight is 340 g/mol. The van der Waals surface area contributed by atoms with Crippen molar-refractivity contribution < 1.29 is 9.72 Å². The van der Waals surface area contributed by atoms with E-state index in [1.165, 1.54) is 6.07 Å². The van der Waals surface area contributed by atoms with Gasteiger partial charge < -0.3 is 9.80 Å². The predicted octanol–water partition coefficient (Wildman–Crippen LogP) is 2.72. The largest absolute Gasteiger partial charge is 0.355 e. The number of hydrogen-bond donors (Lipinski definition) is 0. The molecule has 2 aromatic rings. The number of anilines is 1. The molecule has 1 aromatic heterocycles. The Kier molecular flexibility index (Phi) is 4.92. The maximum Gasteiger partial charge on any atom is 0.295 e. The Morgan fingerprint density at radius 3 is 2.52 bits per heavy atom. The van der Waals surface area contributed by atoms with Crippen LogP contribution in [0.25, 0.3) is 11.3 Å². The van der Waals surface area contributed by atoms with Crippen LogP contribution in [-0.4, -0.2) is 46.9 Å². The first-order chi connectivity index (χ1) is 12.1. The Labute approximate surface area is 146 Å². The molecule has 0 atom stereocenters. The number of nitro groups is 1. The molecular formula is C18H20N4O3. The fraction of sp³-hybridized carbons (Fsp3) is 0.333. The molecule has 0 N–H and O–H groups in total. The summed E-state index contributed by atoms with van der Waals surface area (Å²) >= 11 is 0. The normalized spacial score (nSPS) is 14.9. The molecule has 1 aromatic carbocycles. The van der Waals surface area contributed by atoms with Gasteiger partial charge in [-0.15, -0.1) is 0 Å². The lowest BCUT2D eigenvalue weighted by atomic mass is 10.1. The molecule has 1 saturated heterocycles. The fourth-order valence-corrected chi connectivity index (χ4v) is 3.03. The van der Waals surface area contributed by atoms with Gasteiger partial charge in [-0.25, -0.2) is 4.98 Å². The topological polar surface area (TPSA) is 79.6 Å². The van der Waals surface area contributed by atoms with Gasteiger partial charge >= 0.3 is 0 Å². The van der Waals surface area contributed by atoms with Crippen LogP contribution in [0, 0.1) is 10.1 Å². The summed E-state index contributed by atoms with van der Waals surface area (Å²) in [6.07, 6.45) is 0.846. The van der Waals surface area contributed by atoms with Gasteiger partial charge in [0.25, 0.3) is 5.69 Å². The van der Waals surface area contributed by atoms with Crippen LogP contribution in [-0.2, 0) is 4.79 Å². The van der Waals surface area contributed by atoms with E-state index in [1.807, 2.05) is 35.2 Å². The van der Waals surface area contributed by atoms with Crippen molar-refractivity contribution in [3.63, 3.8) is 0 Å². The van der Waals surface area contributed by atoms with Gasteiger partial charge in [-0.3, -0.25) is 14.9 Å². The number of hydrogen-bond acceptors (Lipinski definition) is 5. The number of pyridine rings is 1. The zero-order chi connectivity index (χ0) is 17.8. The molecule has 0 bridgehead atoms. The summed E-state index contributed by atoms with van der Waals surface area (Å²) in [5.41, 5.74) is 1.09. The van der Waals surface area contributed by atoms with Crippen molar-refractivity contribution in [1.82, 2.24) is 9.88 Å². The number of amides is 1. The quantitative estimate of drug-likeness (QED) is 0.634. The Morgan fingerprint density at radius 2 is 1.84 bits per heavy atom. The molecule has 7 heteroatoms. The van der Waals surface area contributed by atoms with Crippen LogP contribution in [0.4, 0.5) is 11.5 Å². The van der Waals surface area contributed by atoms with Crippen molar-refractivity contribution in [3.05, 3.63) is 52.6 Å². The number of rotatable bonds is 3. The van der Waals surface area contributed by atoms with Crippen LogP contribution in [0.3, 0.4) is 0 Å². The molecule has 130 valence electrons. The van der Waals surface area contributed by atoms with Crippen LogP contribution in [0.5, 0.6) is 0 Å². The summed E-state index contributed by atoms with van der Waals surface area (Å²) in [5.74, 6) is 0.776. The maximum absolute atomic E-state index is 11.6. The molecule has 2 heterocycles. The Hall–Kier alpha value is -2.96. The smallest absolute Gasteiger partial charge is 0.295 e. The molecule has 1 fully saturated rings. The van der Waals surface area contributed by atoms with Crippen molar-refractivity contribution in [3.8, 4) is 11.3 Å². The summed E-state index contributed by atoms with van der Waals surface area (Å²) in [5, 5.41) is 11.4. The highest BCUT2D eigenvalue weighted by atomic mass is 16.6. The van der Waals surface area contributed by atoms with E-state index >= 15 is 0 Å². The van der Waals surface area contributed by atoms with Gasteiger partial charge in [0.1, 0.15) is 5.82 Å². The van der Waals surface area contributed by atoms with Crippen molar-refractivity contribution in [2.45, 2.75) is 13.3 Å². The van der Waals surface area contributed by atoms with Gasteiger partial charge in [-0.1, -0.05) is 30.3 Å². The first kappa shape index (κ1) is 16.9. The molecular weight excluding hydrogens is 320 g/mol. The Morgan fingerprint density at radius 1 is 1.08 bits per heavy atom. The SMILES string of the molecule is CC(=O)N1CCCN(c2ccc([N+](=O)[O-])c(-c3ccccc3)n2)CC1. The molecule has 0 radical (unpaired) electrons. The van der Waals surface area contributed by atoms with E-state index in [1.54, 1.807) is 13.0 Å². The minimum absolute atomic E-state index is 0.00451. The summed E-state index contributed by atoms with van der Waals surface area (Å²) in [6.45, 7) is 4.37. The number of carbonyl (C=O) groups is 1. The third-order valence-electron chi connectivity index (χ3n) is 4.37. The van der Waals surface area contributed by atoms with Crippen LogP contribution < -0.4 is 4.90 Å². The molecule has 0 saturated carbocycles. The lowest BCUT2D eigenvalue weighted by molar-refractivity contribution is -0.384. The van der Waals surface area contributed by atoms with Crippen molar-refractivity contribution in [2.24, 2.45) is 0 Å². The molecule has 3 rings (SSSR count). The van der Waals surface area contributed by atoms with Gasteiger partial charge in [-0.2, -0.15) is 0 Å². The molecule has 7 nitrogen and oxygen atoms in total. The van der Waals surface area contributed by atoms with Gasteiger partial charge in [-0.05, 0) is 12.5 Å². The van der Waals surface area contributed by atoms with Crippen LogP contribution in [0.2, 0.25) is 0 Å². The van der Waals surface area contributed by atoms with E-state index in [2.05, 4.69) is 9.88 Å². The van der Waals surface area contributed by atoms with E-state index in [9.17, 15) is 14.9 Å². The number of carbonyl (C=O) groups excluding carboxylic acids is 1. The third-order valence-corrected chi connectivity index (χ3v) is 4.37. The Balaban J connectivity index is 1.93. The van der Waals surface area contributed by atoms with Crippen LogP contribution >= 0.6 is 0 Å². The molecule has 0 spiro atoms. The van der Waals surface area contributed by atoms with Crippen molar-refractivity contribution in [2.75, 3.05) is 31.1 Å². The zero-order valence-corrected chi connectivity index (χ0v) is 14.1. The molecule has 25 heavy (non-hydrogen) atoms. The summed E-state index contributed by atoms with van der Waals surface area (Å²) in [6, 6.07) is 12.4. The number of nitrogens with zero attached hydrogens (tertiary/aromatic N) is 4. The van der Waals surface area contributed by atoms with Gasteiger partial charge in [0.15, 0.2) is 5.69 Å². The summed E-state index contributed by atoms with van der Waals surface area (Å²) in [7, 11) is 0. The third kappa shape index (κ3) is 3.76. The predicted molar refractivity (Wildman–Crippen MR) is 95.4 cm³/mol. The Bertz CT molecular complexity index is 779. The number of benzene rings is 1. The van der Waals surface area contributed by atoms with Gasteiger partial charge in [0.05, 0.1) is 4.92 Å². The highest BCUT2D eigenvalue weighted by molar-refractivity contribution is 5.73. The van der Waals surface area contributed by atoms with E-state index in [0.29, 0.717) is 24.6 Å². The van der Waals surface area contributed by atoms with E-state index < -0.39 is 4.92 Å². The van der Waals surface area contributed by atoms with Crippen molar-refractivity contribution in [1.29, 1.82) is 0 Å². The standard InChI is InChI=1S/C18H20N4O3/c1-14(23)20-10-5-11-21(13-12-20)17-9-8-16(22(24)25)18(19-17)15-6-3-2-4-7-15/h2-4,6-9H,5,10-13H2,1H3. The summed E-state index contributed by atoms with van der Waals surface area (Å²) < 4.78 is 0. The second kappa shape index (κ2) is 7.29. The van der Waals surface area contributed by atoms with E-state index in [4.69, 9.17) is 0 Å². The lowest BCUT2D eigenvalue weighted by Crippen LogP contribution is -2.33. The minimum atomic E-state index is -0.404. The highest BCUT2D eigenvalue weighted by Gasteiger charge is 2.22. The van der Waals surface area contributed by atoms with Crippen LogP contribution in [0.1, 0.15) is 13.3 Å².